The van der Waals surface area contributed by atoms with E-state index in [0.29, 0.717) is 12.8 Å². The van der Waals surface area contributed by atoms with Crippen LogP contribution in [0.2, 0.25) is 0 Å². The van der Waals surface area contributed by atoms with Crippen LogP contribution in [0.1, 0.15) is 32.8 Å². The van der Waals surface area contributed by atoms with Crippen LogP contribution in [-0.2, 0) is 16.0 Å². The van der Waals surface area contributed by atoms with Crippen molar-refractivity contribution in [2.45, 2.75) is 45.7 Å². The van der Waals surface area contributed by atoms with Crippen molar-refractivity contribution in [2.75, 3.05) is 4.90 Å². The zero-order chi connectivity index (χ0) is 14.0. The molecule has 1 N–H and O–H groups in total. The first-order chi connectivity index (χ1) is 9.04. The quantitative estimate of drug-likeness (QED) is 0.902. The maximum absolute atomic E-state index is 12.3. The first kappa shape index (κ1) is 13.6. The Bertz CT molecular complexity index is 497. The Kier molecular flexibility index (Phi) is 3.88. The van der Waals surface area contributed by atoms with Gasteiger partial charge in [0, 0.05) is 24.6 Å². The number of hydrogen-bond acceptors (Lipinski definition) is 2. The van der Waals surface area contributed by atoms with E-state index in [9.17, 15) is 9.59 Å². The molecule has 0 fully saturated rings. The molecule has 1 heterocycles. The molecule has 0 spiro atoms. The van der Waals surface area contributed by atoms with Gasteiger partial charge in [-0.3, -0.25) is 14.5 Å². The van der Waals surface area contributed by atoms with Gasteiger partial charge in [0.15, 0.2) is 0 Å². The molecule has 0 bridgehead atoms. The predicted molar refractivity (Wildman–Crippen MR) is 75.0 cm³/mol. The van der Waals surface area contributed by atoms with Crippen molar-refractivity contribution in [3.63, 3.8) is 0 Å². The van der Waals surface area contributed by atoms with E-state index < -0.39 is 6.04 Å². The van der Waals surface area contributed by atoms with Gasteiger partial charge >= 0.3 is 0 Å². The van der Waals surface area contributed by atoms with E-state index in [2.05, 4.69) is 5.32 Å². The van der Waals surface area contributed by atoms with Gasteiger partial charge in [-0.05, 0) is 25.5 Å². The Morgan fingerprint density at radius 2 is 2.05 bits per heavy atom. The summed E-state index contributed by atoms with van der Waals surface area (Å²) in [4.78, 5) is 26.0. The van der Waals surface area contributed by atoms with Crippen molar-refractivity contribution >= 4 is 17.5 Å². The number of nitrogens with zero attached hydrogens (tertiary/aromatic N) is 1. The number of rotatable bonds is 3. The standard InChI is InChI=1S/C15H20N2O2/c1-4-14(18)17-12-8-6-5-7-11(12)9-13(17)15(19)16-10(2)3/h5-8,10,13H,4,9H2,1-3H3,(H,16,19). The number of benzene rings is 1. The Morgan fingerprint density at radius 1 is 1.37 bits per heavy atom. The third kappa shape index (κ3) is 2.62. The Morgan fingerprint density at radius 3 is 2.68 bits per heavy atom. The van der Waals surface area contributed by atoms with Gasteiger partial charge < -0.3 is 5.32 Å². The second kappa shape index (κ2) is 5.43. The average Bonchev–Trinajstić information content (AvgIpc) is 2.76. The normalized spacial score (nSPS) is 17.5. The highest BCUT2D eigenvalue weighted by Crippen LogP contribution is 2.32. The van der Waals surface area contributed by atoms with Crippen LogP contribution in [0.4, 0.5) is 5.69 Å². The molecule has 2 rings (SSSR count). The fraction of sp³-hybridized carbons (Fsp3) is 0.467. The van der Waals surface area contributed by atoms with Crippen molar-refractivity contribution in [3.05, 3.63) is 29.8 Å². The molecule has 19 heavy (non-hydrogen) atoms. The van der Waals surface area contributed by atoms with Crippen LogP contribution < -0.4 is 10.2 Å². The third-order valence-electron chi connectivity index (χ3n) is 3.28. The highest BCUT2D eigenvalue weighted by molar-refractivity contribution is 6.03. The van der Waals surface area contributed by atoms with Crippen molar-refractivity contribution in [1.82, 2.24) is 5.32 Å². The van der Waals surface area contributed by atoms with Crippen molar-refractivity contribution in [3.8, 4) is 0 Å². The molecule has 4 heteroatoms. The van der Waals surface area contributed by atoms with Gasteiger partial charge in [-0.15, -0.1) is 0 Å². The van der Waals surface area contributed by atoms with Gasteiger partial charge in [0.25, 0.3) is 0 Å². The SMILES string of the molecule is CCC(=O)N1c2ccccc2CC1C(=O)NC(C)C. The number of anilines is 1. The summed E-state index contributed by atoms with van der Waals surface area (Å²) in [5.74, 6) is -0.0816. The maximum Gasteiger partial charge on any atom is 0.243 e. The lowest BCUT2D eigenvalue weighted by atomic mass is 10.1. The minimum Gasteiger partial charge on any atom is -0.352 e. The summed E-state index contributed by atoms with van der Waals surface area (Å²) in [6.45, 7) is 5.67. The Hall–Kier alpha value is -1.84. The van der Waals surface area contributed by atoms with Crippen molar-refractivity contribution in [1.29, 1.82) is 0 Å². The van der Waals surface area contributed by atoms with Crippen LogP contribution in [0.5, 0.6) is 0 Å². The Labute approximate surface area is 113 Å². The summed E-state index contributed by atoms with van der Waals surface area (Å²) >= 11 is 0. The summed E-state index contributed by atoms with van der Waals surface area (Å²) in [5, 5.41) is 2.90. The van der Waals surface area contributed by atoms with Crippen LogP contribution in [0.15, 0.2) is 24.3 Å². The molecule has 0 aromatic heterocycles. The zero-order valence-corrected chi connectivity index (χ0v) is 11.6. The van der Waals surface area contributed by atoms with E-state index in [1.54, 1.807) is 4.90 Å². The maximum atomic E-state index is 12.3. The Balaban J connectivity index is 2.31. The monoisotopic (exact) mass is 260 g/mol. The molecule has 1 aromatic carbocycles. The van der Waals surface area contributed by atoms with Gasteiger partial charge in [-0.1, -0.05) is 25.1 Å². The van der Waals surface area contributed by atoms with Gasteiger partial charge in [-0.25, -0.2) is 0 Å². The molecule has 0 saturated heterocycles. The molecule has 0 radical (unpaired) electrons. The first-order valence-corrected chi connectivity index (χ1v) is 6.75. The van der Waals surface area contributed by atoms with Crippen molar-refractivity contribution in [2.24, 2.45) is 0 Å². The number of amides is 2. The minimum atomic E-state index is -0.410. The average molecular weight is 260 g/mol. The number of para-hydroxylation sites is 1. The van der Waals surface area contributed by atoms with Crippen molar-refractivity contribution < 1.29 is 9.59 Å². The van der Waals surface area contributed by atoms with Crippen LogP contribution in [-0.4, -0.2) is 23.9 Å². The molecule has 1 aliphatic rings. The molecule has 102 valence electrons. The molecule has 4 nitrogen and oxygen atoms in total. The van der Waals surface area contributed by atoms with E-state index >= 15 is 0 Å². The van der Waals surface area contributed by atoms with E-state index in [1.807, 2.05) is 45.0 Å². The molecule has 1 aliphatic heterocycles. The third-order valence-corrected chi connectivity index (χ3v) is 3.28. The second-order valence-corrected chi connectivity index (χ2v) is 5.13. The van der Waals surface area contributed by atoms with Crippen LogP contribution in [0.25, 0.3) is 0 Å². The van der Waals surface area contributed by atoms with Crippen LogP contribution >= 0.6 is 0 Å². The fourth-order valence-electron chi connectivity index (χ4n) is 2.46. The second-order valence-electron chi connectivity index (χ2n) is 5.13. The fourth-order valence-corrected chi connectivity index (χ4v) is 2.46. The number of hydrogen-bond donors (Lipinski definition) is 1. The molecular formula is C15H20N2O2. The van der Waals surface area contributed by atoms with E-state index in [-0.39, 0.29) is 17.9 Å². The highest BCUT2D eigenvalue weighted by Gasteiger charge is 2.37. The summed E-state index contributed by atoms with van der Waals surface area (Å²) in [6, 6.07) is 7.40. The summed E-state index contributed by atoms with van der Waals surface area (Å²) < 4.78 is 0. The van der Waals surface area contributed by atoms with E-state index in [4.69, 9.17) is 0 Å². The molecule has 0 aliphatic carbocycles. The molecule has 1 aromatic rings. The number of nitrogens with one attached hydrogen (secondary N) is 1. The van der Waals surface area contributed by atoms with Gasteiger partial charge in [0.1, 0.15) is 6.04 Å². The highest BCUT2D eigenvalue weighted by atomic mass is 16.2. The van der Waals surface area contributed by atoms with Gasteiger partial charge in [0.05, 0.1) is 0 Å². The molecule has 0 saturated carbocycles. The first-order valence-electron chi connectivity index (χ1n) is 6.75. The van der Waals surface area contributed by atoms with E-state index in [0.717, 1.165) is 11.3 Å². The summed E-state index contributed by atoms with van der Waals surface area (Å²) in [7, 11) is 0. The van der Waals surface area contributed by atoms with Gasteiger partial charge in [0.2, 0.25) is 11.8 Å². The molecule has 1 unspecified atom stereocenters. The number of carbonyl (C=O) groups is 2. The number of fused-ring (bicyclic) bond motifs is 1. The minimum absolute atomic E-state index is 0.00569. The lowest BCUT2D eigenvalue weighted by Gasteiger charge is -2.25. The molecular weight excluding hydrogens is 240 g/mol. The van der Waals surface area contributed by atoms with E-state index in [1.165, 1.54) is 0 Å². The smallest absolute Gasteiger partial charge is 0.243 e. The molecule has 2 amide bonds. The molecule has 1 atom stereocenters. The van der Waals surface area contributed by atoms with Crippen LogP contribution in [0.3, 0.4) is 0 Å². The number of carbonyl (C=O) groups excluding carboxylic acids is 2. The predicted octanol–water partition coefficient (Wildman–Crippen LogP) is 1.88. The lowest BCUT2D eigenvalue weighted by Crippen LogP contribution is -2.49. The zero-order valence-electron chi connectivity index (χ0n) is 11.6. The topological polar surface area (TPSA) is 49.4 Å². The largest absolute Gasteiger partial charge is 0.352 e. The summed E-state index contributed by atoms with van der Waals surface area (Å²) in [6.07, 6.45) is 1.00. The van der Waals surface area contributed by atoms with Crippen LogP contribution in [0, 0.1) is 0 Å². The lowest BCUT2D eigenvalue weighted by molar-refractivity contribution is -0.126. The van der Waals surface area contributed by atoms with Gasteiger partial charge in [-0.2, -0.15) is 0 Å². The summed E-state index contributed by atoms with van der Waals surface area (Å²) in [5.41, 5.74) is 1.94.